The highest BCUT2D eigenvalue weighted by Crippen LogP contribution is 2.21. The fourth-order valence-electron chi connectivity index (χ4n) is 0.931. The number of nitrogens with zero attached hydrogens (tertiary/aromatic N) is 1. The summed E-state index contributed by atoms with van der Waals surface area (Å²) in [4.78, 5) is 1.96. The van der Waals surface area contributed by atoms with E-state index < -0.39 is 0 Å². The van der Waals surface area contributed by atoms with Crippen molar-refractivity contribution in [3.63, 3.8) is 0 Å². The molecule has 66 valence electrons. The lowest BCUT2D eigenvalue weighted by Crippen LogP contribution is -2.34. The smallest absolute Gasteiger partial charge is 0.138 e. The quantitative estimate of drug-likeness (QED) is 0.596. The van der Waals surface area contributed by atoms with Crippen LogP contribution < -0.4 is 0 Å². The summed E-state index contributed by atoms with van der Waals surface area (Å²) in [6.45, 7) is 9.92. The minimum absolute atomic E-state index is 0.00514. The van der Waals surface area contributed by atoms with Crippen LogP contribution in [-0.2, 0) is 0 Å². The van der Waals surface area contributed by atoms with Gasteiger partial charge >= 0.3 is 0 Å². The number of aliphatic hydroxyl groups is 1. The molecule has 0 fully saturated rings. The minimum Gasteiger partial charge on any atom is -0.506 e. The molecule has 0 aromatic heterocycles. The Kier molecular flexibility index (Phi) is 2.01. The molecule has 0 unspecified atom stereocenters. The molecule has 1 rings (SSSR count). The molecule has 0 spiro atoms. The van der Waals surface area contributed by atoms with Gasteiger partial charge in [0.2, 0.25) is 0 Å². The maximum absolute atomic E-state index is 9.38. The van der Waals surface area contributed by atoms with E-state index in [2.05, 4.69) is 27.4 Å². The lowest BCUT2D eigenvalue weighted by Gasteiger charge is -2.33. The van der Waals surface area contributed by atoms with Crippen LogP contribution in [0.2, 0.25) is 0 Å². The van der Waals surface area contributed by atoms with Crippen LogP contribution >= 0.6 is 0 Å². The predicted octanol–water partition coefficient (Wildman–Crippen LogP) is 2.57. The van der Waals surface area contributed by atoms with Crippen molar-refractivity contribution in [2.75, 3.05) is 0 Å². The lowest BCUT2D eigenvalue weighted by atomic mass is 10.1. The molecule has 1 aliphatic rings. The van der Waals surface area contributed by atoms with Gasteiger partial charge < -0.3 is 10.0 Å². The zero-order chi connectivity index (χ0) is 9.35. The fraction of sp³-hybridized carbons (Fsp3) is 0.400. The Balaban J connectivity index is 2.87. The molecule has 0 saturated carbocycles. The highest BCUT2D eigenvalue weighted by Gasteiger charge is 2.19. The highest BCUT2D eigenvalue weighted by atomic mass is 16.3. The number of rotatable bonds is 0. The fourth-order valence-corrected chi connectivity index (χ4v) is 0.931. The third-order valence-electron chi connectivity index (χ3n) is 1.80. The maximum atomic E-state index is 9.38. The molecule has 1 heterocycles. The Morgan fingerprint density at radius 3 is 2.42 bits per heavy atom. The second-order valence-corrected chi connectivity index (χ2v) is 3.93. The molecule has 0 bridgehead atoms. The van der Waals surface area contributed by atoms with Crippen molar-refractivity contribution >= 4 is 0 Å². The topological polar surface area (TPSA) is 23.5 Å². The van der Waals surface area contributed by atoms with E-state index in [1.807, 2.05) is 11.1 Å². The maximum Gasteiger partial charge on any atom is 0.138 e. The van der Waals surface area contributed by atoms with Gasteiger partial charge in [0.05, 0.1) is 0 Å². The van der Waals surface area contributed by atoms with E-state index in [0.717, 1.165) is 0 Å². The van der Waals surface area contributed by atoms with Crippen LogP contribution in [-0.4, -0.2) is 15.5 Å². The number of hydrogen-bond acceptors (Lipinski definition) is 2. The van der Waals surface area contributed by atoms with Crippen LogP contribution in [0.5, 0.6) is 0 Å². The zero-order valence-corrected chi connectivity index (χ0v) is 7.83. The Labute approximate surface area is 73.5 Å². The normalized spacial score (nSPS) is 18.1. The summed E-state index contributed by atoms with van der Waals surface area (Å²) in [7, 11) is 0. The summed E-state index contributed by atoms with van der Waals surface area (Å²) in [5, 5.41) is 9.38. The molecule has 0 aliphatic carbocycles. The van der Waals surface area contributed by atoms with Crippen LogP contribution in [0.3, 0.4) is 0 Å². The Bertz CT molecular complexity index is 256. The number of hydrogen-bond donors (Lipinski definition) is 1. The van der Waals surface area contributed by atoms with Crippen LogP contribution in [0.25, 0.3) is 0 Å². The predicted molar refractivity (Wildman–Crippen MR) is 50.6 cm³/mol. The molecule has 0 amide bonds. The third kappa shape index (κ3) is 1.70. The first-order valence-electron chi connectivity index (χ1n) is 3.98. The third-order valence-corrected chi connectivity index (χ3v) is 1.80. The van der Waals surface area contributed by atoms with Crippen molar-refractivity contribution in [1.29, 1.82) is 0 Å². The van der Waals surface area contributed by atoms with E-state index in [0.29, 0.717) is 5.57 Å². The minimum atomic E-state index is 0.00514. The van der Waals surface area contributed by atoms with Gasteiger partial charge in [0.1, 0.15) is 5.76 Å². The van der Waals surface area contributed by atoms with E-state index in [-0.39, 0.29) is 11.3 Å². The van der Waals surface area contributed by atoms with Gasteiger partial charge in [0.25, 0.3) is 0 Å². The number of allylic oxidation sites excluding steroid dienone is 1. The Morgan fingerprint density at radius 2 is 2.00 bits per heavy atom. The van der Waals surface area contributed by atoms with Crippen LogP contribution in [0, 0.1) is 0 Å². The molecule has 2 nitrogen and oxygen atoms in total. The summed E-state index contributed by atoms with van der Waals surface area (Å²) in [6.07, 6.45) is 5.42. The molecule has 2 heteroatoms. The largest absolute Gasteiger partial charge is 0.506 e. The van der Waals surface area contributed by atoms with Crippen molar-refractivity contribution in [2.24, 2.45) is 0 Å². The molecule has 0 saturated heterocycles. The van der Waals surface area contributed by atoms with Gasteiger partial charge in [0, 0.05) is 23.5 Å². The molecular formula is C10H15NO. The van der Waals surface area contributed by atoms with E-state index >= 15 is 0 Å². The van der Waals surface area contributed by atoms with E-state index in [1.54, 1.807) is 12.3 Å². The second-order valence-electron chi connectivity index (χ2n) is 3.93. The highest BCUT2D eigenvalue weighted by molar-refractivity contribution is 5.35. The Hall–Kier alpha value is -1.18. The van der Waals surface area contributed by atoms with Gasteiger partial charge in [0.15, 0.2) is 0 Å². The summed E-state index contributed by atoms with van der Waals surface area (Å²) >= 11 is 0. The first-order valence-corrected chi connectivity index (χ1v) is 3.98. The van der Waals surface area contributed by atoms with Gasteiger partial charge in [-0.25, -0.2) is 0 Å². The van der Waals surface area contributed by atoms with Gasteiger partial charge in [-0.2, -0.15) is 0 Å². The molecule has 1 aliphatic heterocycles. The summed E-state index contributed by atoms with van der Waals surface area (Å²) in [5.41, 5.74) is 0.668. The first kappa shape index (κ1) is 8.91. The monoisotopic (exact) mass is 165 g/mol. The van der Waals surface area contributed by atoms with Crippen LogP contribution in [0.4, 0.5) is 0 Å². The van der Waals surface area contributed by atoms with Crippen LogP contribution in [0.15, 0.2) is 36.4 Å². The average molecular weight is 165 g/mol. The molecule has 0 aromatic carbocycles. The number of aliphatic hydroxyl groups excluding tert-OH is 1. The van der Waals surface area contributed by atoms with Crippen molar-refractivity contribution in [3.8, 4) is 0 Å². The first-order chi connectivity index (χ1) is 5.41. The van der Waals surface area contributed by atoms with Crippen molar-refractivity contribution in [1.82, 2.24) is 4.90 Å². The van der Waals surface area contributed by atoms with Gasteiger partial charge in [-0.1, -0.05) is 6.58 Å². The summed E-state index contributed by atoms with van der Waals surface area (Å²) < 4.78 is 0. The van der Waals surface area contributed by atoms with Crippen LogP contribution in [0.1, 0.15) is 20.8 Å². The summed E-state index contributed by atoms with van der Waals surface area (Å²) in [6, 6.07) is 0. The van der Waals surface area contributed by atoms with Gasteiger partial charge in [-0.15, -0.1) is 0 Å². The molecule has 1 N–H and O–H groups in total. The molecule has 0 aromatic rings. The second kappa shape index (κ2) is 2.70. The van der Waals surface area contributed by atoms with Gasteiger partial charge in [-0.05, 0) is 26.8 Å². The molecule has 0 atom stereocenters. The average Bonchev–Trinajstić information content (AvgIpc) is 1.92. The van der Waals surface area contributed by atoms with E-state index in [1.165, 1.54) is 0 Å². The SMILES string of the molecule is C=C1C=CN(C(C)(C)C)C=C1O. The van der Waals surface area contributed by atoms with Gasteiger partial charge in [-0.3, -0.25) is 0 Å². The Morgan fingerprint density at radius 1 is 1.42 bits per heavy atom. The van der Waals surface area contributed by atoms with Crippen molar-refractivity contribution < 1.29 is 5.11 Å². The molecular weight excluding hydrogens is 150 g/mol. The van der Waals surface area contributed by atoms with E-state index in [9.17, 15) is 5.11 Å². The standard InChI is InChI=1S/C10H15NO/c1-8-5-6-11(7-9(8)12)10(2,3)4/h5-7,12H,1H2,2-4H3. The van der Waals surface area contributed by atoms with Crippen molar-refractivity contribution in [2.45, 2.75) is 26.3 Å². The van der Waals surface area contributed by atoms with Crippen molar-refractivity contribution in [3.05, 3.63) is 36.4 Å². The van der Waals surface area contributed by atoms with E-state index in [4.69, 9.17) is 0 Å². The zero-order valence-electron chi connectivity index (χ0n) is 7.83. The molecule has 0 radical (unpaired) electrons. The lowest BCUT2D eigenvalue weighted by molar-refractivity contribution is 0.263. The molecule has 12 heavy (non-hydrogen) atoms. The summed E-state index contributed by atoms with van der Waals surface area (Å²) in [5.74, 6) is 0.243.